The fourth-order valence-electron chi connectivity index (χ4n) is 3.86. The molecule has 3 aromatic rings. The first-order chi connectivity index (χ1) is 15.4. The van der Waals surface area contributed by atoms with E-state index in [9.17, 15) is 9.18 Å². The average molecular weight is 438 g/mol. The molecule has 4 rings (SSSR count). The number of primary amides is 1. The molecule has 1 saturated carbocycles. The smallest absolute Gasteiger partial charge is 0.250 e. The van der Waals surface area contributed by atoms with Gasteiger partial charge in [-0.05, 0) is 42.7 Å². The summed E-state index contributed by atoms with van der Waals surface area (Å²) in [6.07, 6.45) is 7.74. The number of nitrogens with zero attached hydrogens (tertiary/aromatic N) is 3. The molecule has 1 aromatic carbocycles. The predicted molar refractivity (Wildman–Crippen MR) is 118 cm³/mol. The maximum atomic E-state index is 15.7. The third-order valence-corrected chi connectivity index (χ3v) is 5.61. The van der Waals surface area contributed by atoms with Crippen molar-refractivity contribution in [1.29, 1.82) is 0 Å². The molecule has 0 radical (unpaired) electrons. The van der Waals surface area contributed by atoms with E-state index in [0.29, 0.717) is 11.4 Å². The number of nitrogens with one attached hydrogen (secondary N) is 1. The summed E-state index contributed by atoms with van der Waals surface area (Å²) in [5, 5.41) is 1.48. The van der Waals surface area contributed by atoms with E-state index >= 15 is 4.39 Å². The maximum absolute atomic E-state index is 15.7. The number of carbonyl (C=O) groups is 1. The fourth-order valence-corrected chi connectivity index (χ4v) is 3.86. The number of halogens is 2. The highest BCUT2D eigenvalue weighted by atomic mass is 19.1. The topological polar surface area (TPSA) is 110 Å². The molecule has 2 heterocycles. The van der Waals surface area contributed by atoms with Crippen LogP contribution in [-0.4, -0.2) is 28.0 Å². The van der Waals surface area contributed by atoms with Crippen LogP contribution in [-0.2, 0) is 0 Å². The Morgan fingerprint density at radius 1 is 1.09 bits per heavy atom. The Morgan fingerprint density at radius 3 is 2.59 bits per heavy atom. The van der Waals surface area contributed by atoms with E-state index in [1.165, 1.54) is 47.9 Å². The lowest BCUT2D eigenvalue weighted by Crippen LogP contribution is -2.53. The Hall–Kier alpha value is -3.43. The maximum Gasteiger partial charge on any atom is 0.250 e. The molecule has 0 aliphatic heterocycles. The van der Waals surface area contributed by atoms with Crippen LogP contribution in [0.2, 0.25) is 0 Å². The first-order valence-electron chi connectivity index (χ1n) is 10.4. The number of hydrogen-bond acceptors (Lipinski definition) is 6. The zero-order valence-corrected chi connectivity index (χ0v) is 17.3. The lowest BCUT2D eigenvalue weighted by atomic mass is 9.91. The van der Waals surface area contributed by atoms with Gasteiger partial charge in [-0.1, -0.05) is 25.0 Å². The first kappa shape index (κ1) is 21.8. The quantitative estimate of drug-likeness (QED) is 0.509. The summed E-state index contributed by atoms with van der Waals surface area (Å²) in [5.74, 6) is -1.34. The molecule has 1 aliphatic carbocycles. The normalized spacial score (nSPS) is 18.3. The lowest BCUT2D eigenvalue weighted by Gasteiger charge is -2.35. The van der Waals surface area contributed by atoms with Crippen LogP contribution in [0.3, 0.4) is 0 Å². The molecule has 0 spiro atoms. The number of aromatic nitrogens is 2. The molecular weight excluding hydrogens is 414 g/mol. The third-order valence-electron chi connectivity index (χ3n) is 5.61. The number of anilines is 2. The van der Waals surface area contributed by atoms with Gasteiger partial charge < -0.3 is 11.5 Å². The largest absolute Gasteiger partial charge is 0.366 e. The standard InChI is InChI=1S/C23H24F2N6O/c24-16-5-3-4-14(10-16)17-12-28-13-20(22(17)25)31(30-19-7-2-1-6-18(19)26)21-9-8-15(11-29-21)23(27)32/h3-5,8-13,18-19,30H,1-2,6-7,26H2,(H2,27,32). The summed E-state index contributed by atoms with van der Waals surface area (Å²) in [6, 6.07) is 8.52. The van der Waals surface area contributed by atoms with Crippen LogP contribution in [0.5, 0.6) is 0 Å². The van der Waals surface area contributed by atoms with Crippen LogP contribution in [0.25, 0.3) is 11.1 Å². The van der Waals surface area contributed by atoms with Gasteiger partial charge in [0.25, 0.3) is 0 Å². The van der Waals surface area contributed by atoms with Gasteiger partial charge in [0.1, 0.15) is 17.3 Å². The summed E-state index contributed by atoms with van der Waals surface area (Å²) in [7, 11) is 0. The van der Waals surface area contributed by atoms with Gasteiger partial charge in [0.15, 0.2) is 5.82 Å². The molecule has 9 heteroatoms. The van der Waals surface area contributed by atoms with E-state index in [4.69, 9.17) is 11.5 Å². The van der Waals surface area contributed by atoms with Gasteiger partial charge in [-0.2, -0.15) is 0 Å². The SMILES string of the molecule is NC(=O)c1ccc(N(NC2CCCCC2N)c2cncc(-c3cccc(F)c3)c2F)nc1. The van der Waals surface area contributed by atoms with E-state index in [0.717, 1.165) is 25.7 Å². The summed E-state index contributed by atoms with van der Waals surface area (Å²) in [6.45, 7) is 0. The van der Waals surface area contributed by atoms with Gasteiger partial charge in [-0.15, -0.1) is 0 Å². The zero-order valence-electron chi connectivity index (χ0n) is 17.3. The van der Waals surface area contributed by atoms with Crippen LogP contribution in [0.1, 0.15) is 36.0 Å². The van der Waals surface area contributed by atoms with Crippen LogP contribution in [0.4, 0.5) is 20.3 Å². The molecular formula is C23H24F2N6O. The number of benzene rings is 1. The van der Waals surface area contributed by atoms with Gasteiger partial charge >= 0.3 is 0 Å². The Labute approximate surface area is 184 Å². The first-order valence-corrected chi connectivity index (χ1v) is 10.4. The molecule has 2 unspecified atom stereocenters. The van der Waals surface area contributed by atoms with Crippen molar-refractivity contribution in [2.24, 2.45) is 11.5 Å². The Bertz CT molecular complexity index is 1110. The fraction of sp³-hybridized carbons (Fsp3) is 0.261. The minimum absolute atomic E-state index is 0.101. The van der Waals surface area contributed by atoms with Crippen molar-refractivity contribution in [3.63, 3.8) is 0 Å². The average Bonchev–Trinajstić information content (AvgIpc) is 2.79. The minimum atomic E-state index is -0.612. The lowest BCUT2D eigenvalue weighted by molar-refractivity contribution is 0.1000. The molecule has 0 saturated heterocycles. The molecule has 2 atom stereocenters. The highest BCUT2D eigenvalue weighted by Gasteiger charge is 2.27. The van der Waals surface area contributed by atoms with E-state index in [1.807, 2.05) is 0 Å². The molecule has 7 nitrogen and oxygen atoms in total. The van der Waals surface area contributed by atoms with E-state index in [1.54, 1.807) is 12.1 Å². The van der Waals surface area contributed by atoms with E-state index in [-0.39, 0.29) is 28.9 Å². The van der Waals surface area contributed by atoms with Crippen molar-refractivity contribution in [2.45, 2.75) is 37.8 Å². The van der Waals surface area contributed by atoms with Gasteiger partial charge in [0.05, 0.1) is 11.8 Å². The summed E-state index contributed by atoms with van der Waals surface area (Å²) in [4.78, 5) is 19.9. The second kappa shape index (κ2) is 9.37. The van der Waals surface area contributed by atoms with Crippen molar-refractivity contribution >= 4 is 17.4 Å². The van der Waals surface area contributed by atoms with Crippen molar-refractivity contribution in [2.75, 3.05) is 5.01 Å². The number of pyridine rings is 2. The van der Waals surface area contributed by atoms with Gasteiger partial charge in [0.2, 0.25) is 5.91 Å². The molecule has 2 aromatic heterocycles. The van der Waals surface area contributed by atoms with Crippen molar-refractivity contribution < 1.29 is 13.6 Å². The molecule has 0 bridgehead atoms. The molecule has 1 aliphatic rings. The monoisotopic (exact) mass is 438 g/mol. The Kier molecular flexibility index (Phi) is 6.38. The van der Waals surface area contributed by atoms with Crippen LogP contribution >= 0.6 is 0 Å². The van der Waals surface area contributed by atoms with Gasteiger partial charge in [-0.3, -0.25) is 14.8 Å². The van der Waals surface area contributed by atoms with Crippen LogP contribution in [0, 0.1) is 11.6 Å². The predicted octanol–water partition coefficient (Wildman–Crippen LogP) is 3.43. The molecule has 32 heavy (non-hydrogen) atoms. The van der Waals surface area contributed by atoms with E-state index < -0.39 is 17.5 Å². The number of nitrogens with two attached hydrogens (primary N) is 2. The third kappa shape index (κ3) is 4.58. The van der Waals surface area contributed by atoms with Gasteiger partial charge in [-0.25, -0.2) is 19.2 Å². The summed E-state index contributed by atoms with van der Waals surface area (Å²) >= 11 is 0. The van der Waals surface area contributed by atoms with Crippen molar-refractivity contribution in [3.8, 4) is 11.1 Å². The Morgan fingerprint density at radius 2 is 1.91 bits per heavy atom. The van der Waals surface area contributed by atoms with Crippen molar-refractivity contribution in [3.05, 3.63) is 72.2 Å². The number of carbonyl (C=O) groups excluding carboxylic acids is 1. The number of hydrazine groups is 1. The Balaban J connectivity index is 1.77. The molecule has 166 valence electrons. The summed E-state index contributed by atoms with van der Waals surface area (Å²) < 4.78 is 29.4. The molecule has 1 fully saturated rings. The molecule has 1 amide bonds. The summed E-state index contributed by atoms with van der Waals surface area (Å²) in [5.41, 5.74) is 15.8. The minimum Gasteiger partial charge on any atom is -0.366 e. The van der Waals surface area contributed by atoms with Crippen LogP contribution in [0.15, 0.2) is 55.0 Å². The van der Waals surface area contributed by atoms with E-state index in [2.05, 4.69) is 15.4 Å². The van der Waals surface area contributed by atoms with Gasteiger partial charge in [0, 0.05) is 30.0 Å². The highest BCUT2D eigenvalue weighted by Crippen LogP contribution is 2.32. The van der Waals surface area contributed by atoms with Crippen LogP contribution < -0.4 is 21.9 Å². The number of hydrogen-bond donors (Lipinski definition) is 3. The van der Waals surface area contributed by atoms with Crippen molar-refractivity contribution in [1.82, 2.24) is 15.4 Å². The second-order valence-corrected chi connectivity index (χ2v) is 7.82. The molecule has 5 N–H and O–H groups in total. The number of amides is 1. The number of rotatable bonds is 6. The highest BCUT2D eigenvalue weighted by molar-refractivity contribution is 5.92. The second-order valence-electron chi connectivity index (χ2n) is 7.82. The zero-order chi connectivity index (χ0) is 22.7.